The first-order chi connectivity index (χ1) is 18.0. The van der Waals surface area contributed by atoms with Gasteiger partial charge in [0.25, 0.3) is 5.91 Å². The lowest BCUT2D eigenvalue weighted by Crippen LogP contribution is -2.49. The lowest BCUT2D eigenvalue weighted by atomic mass is 10.1. The van der Waals surface area contributed by atoms with E-state index in [9.17, 15) is 14.4 Å². The molecule has 37 heavy (non-hydrogen) atoms. The number of hydroxylamine groups is 1. The Hall–Kier alpha value is -4.21. The van der Waals surface area contributed by atoms with Crippen LogP contribution in [0.15, 0.2) is 84.9 Å². The highest BCUT2D eigenvalue weighted by molar-refractivity contribution is 7.20. The van der Waals surface area contributed by atoms with Gasteiger partial charge in [-0.05, 0) is 53.6 Å². The van der Waals surface area contributed by atoms with E-state index in [0.717, 1.165) is 28.5 Å². The number of anilines is 1. The van der Waals surface area contributed by atoms with E-state index < -0.39 is 18.0 Å². The number of hydrogen-bond acceptors (Lipinski definition) is 5. The predicted molar refractivity (Wildman–Crippen MR) is 145 cm³/mol. The maximum Gasteiger partial charge on any atom is 0.315 e. The molecule has 0 aliphatic rings. The minimum atomic E-state index is -0.801. The Labute approximate surface area is 218 Å². The van der Waals surface area contributed by atoms with Crippen LogP contribution in [-0.2, 0) is 17.6 Å². The van der Waals surface area contributed by atoms with Crippen LogP contribution < -0.4 is 21.4 Å². The van der Waals surface area contributed by atoms with E-state index in [1.807, 2.05) is 48.5 Å². The van der Waals surface area contributed by atoms with Gasteiger partial charge in [0.05, 0.1) is 4.88 Å². The van der Waals surface area contributed by atoms with Gasteiger partial charge < -0.3 is 16.0 Å². The Morgan fingerprint density at radius 3 is 2.27 bits per heavy atom. The Morgan fingerprint density at radius 2 is 1.57 bits per heavy atom. The summed E-state index contributed by atoms with van der Waals surface area (Å²) in [5.41, 5.74) is 4.29. The van der Waals surface area contributed by atoms with Gasteiger partial charge in [0.15, 0.2) is 0 Å². The summed E-state index contributed by atoms with van der Waals surface area (Å²) < 4.78 is 0.838. The molecule has 1 heterocycles. The molecule has 9 heteroatoms. The van der Waals surface area contributed by atoms with Crippen molar-refractivity contribution in [3.63, 3.8) is 0 Å². The first kappa shape index (κ1) is 25.9. The van der Waals surface area contributed by atoms with Gasteiger partial charge in [-0.3, -0.25) is 14.8 Å². The zero-order valence-corrected chi connectivity index (χ0v) is 20.9. The van der Waals surface area contributed by atoms with Gasteiger partial charge in [0.2, 0.25) is 5.91 Å². The number of nitrogens with one attached hydrogen (secondary N) is 4. The molecule has 0 saturated heterocycles. The Kier molecular flexibility index (Phi) is 8.85. The number of carbonyl (C=O) groups is 3. The normalized spacial score (nSPS) is 11.5. The Balaban J connectivity index is 1.39. The summed E-state index contributed by atoms with van der Waals surface area (Å²) in [6, 6.07) is 25.3. The second-order valence-electron chi connectivity index (χ2n) is 8.53. The molecule has 0 fully saturated rings. The molecule has 190 valence electrons. The van der Waals surface area contributed by atoms with Crippen LogP contribution in [0.3, 0.4) is 0 Å². The second-order valence-corrected chi connectivity index (χ2v) is 9.61. The molecule has 1 aromatic heterocycles. The van der Waals surface area contributed by atoms with Crippen LogP contribution >= 0.6 is 11.3 Å². The van der Waals surface area contributed by atoms with Crippen LogP contribution in [0.2, 0.25) is 0 Å². The molecule has 0 spiro atoms. The van der Waals surface area contributed by atoms with Crippen molar-refractivity contribution in [2.45, 2.75) is 25.3 Å². The quantitative estimate of drug-likeness (QED) is 0.121. The van der Waals surface area contributed by atoms with Gasteiger partial charge in [0.1, 0.15) is 6.04 Å². The molecule has 0 aliphatic heterocycles. The summed E-state index contributed by atoms with van der Waals surface area (Å²) in [5.74, 6) is -0.945. The summed E-state index contributed by atoms with van der Waals surface area (Å²) in [6.45, 7) is 0.485. The van der Waals surface area contributed by atoms with Crippen molar-refractivity contribution in [2.24, 2.45) is 0 Å². The zero-order valence-electron chi connectivity index (χ0n) is 20.1. The number of benzene rings is 3. The fraction of sp³-hybridized carbons (Fsp3) is 0.179. The molecule has 4 rings (SSSR count). The molecule has 1 atom stereocenters. The first-order valence-corrected chi connectivity index (χ1v) is 12.7. The van der Waals surface area contributed by atoms with Crippen molar-refractivity contribution in [1.29, 1.82) is 0 Å². The molecular formula is C28H28N4O4S. The maximum absolute atomic E-state index is 13.2. The molecular weight excluding hydrogens is 488 g/mol. The number of rotatable bonds is 10. The Bertz CT molecular complexity index is 1360. The van der Waals surface area contributed by atoms with Gasteiger partial charge in [-0.2, -0.15) is 0 Å². The topological polar surface area (TPSA) is 120 Å². The summed E-state index contributed by atoms with van der Waals surface area (Å²) in [7, 11) is 0. The average Bonchev–Trinajstić information content (AvgIpc) is 3.35. The summed E-state index contributed by atoms with van der Waals surface area (Å²) in [4.78, 5) is 37.9. The van der Waals surface area contributed by atoms with Crippen LogP contribution in [0, 0.1) is 0 Å². The van der Waals surface area contributed by atoms with Crippen molar-refractivity contribution >= 4 is 45.0 Å². The molecule has 0 unspecified atom stereocenters. The second kappa shape index (κ2) is 12.7. The van der Waals surface area contributed by atoms with Crippen molar-refractivity contribution in [3.8, 4) is 0 Å². The molecule has 8 nitrogen and oxygen atoms in total. The number of aryl methyl sites for hydroxylation is 1. The van der Waals surface area contributed by atoms with Crippen LogP contribution in [0.5, 0.6) is 0 Å². The summed E-state index contributed by atoms with van der Waals surface area (Å²) in [5, 5.41) is 18.2. The maximum atomic E-state index is 13.2. The van der Waals surface area contributed by atoms with Gasteiger partial charge in [-0.25, -0.2) is 10.3 Å². The highest BCUT2D eigenvalue weighted by atomic mass is 32.1. The number of amides is 4. The van der Waals surface area contributed by atoms with E-state index in [2.05, 4.69) is 28.1 Å². The third kappa shape index (κ3) is 7.39. The van der Waals surface area contributed by atoms with Gasteiger partial charge in [0, 0.05) is 23.4 Å². The van der Waals surface area contributed by atoms with Crippen LogP contribution in [-0.4, -0.2) is 35.6 Å². The number of thiophene rings is 1. The minimum Gasteiger partial charge on any atom is -0.338 e. The lowest BCUT2D eigenvalue weighted by molar-refractivity contribution is -0.117. The third-order valence-electron chi connectivity index (χ3n) is 5.78. The van der Waals surface area contributed by atoms with Crippen LogP contribution in [0.25, 0.3) is 10.1 Å². The molecule has 4 amide bonds. The molecule has 0 saturated carbocycles. The fourth-order valence-corrected chi connectivity index (χ4v) is 4.86. The highest BCUT2D eigenvalue weighted by Crippen LogP contribution is 2.28. The first-order valence-electron chi connectivity index (χ1n) is 11.9. The number of carbonyl (C=O) groups excluding carboxylic acids is 3. The van der Waals surface area contributed by atoms with E-state index in [1.54, 1.807) is 29.7 Å². The van der Waals surface area contributed by atoms with E-state index in [-0.39, 0.29) is 5.91 Å². The van der Waals surface area contributed by atoms with Crippen molar-refractivity contribution in [3.05, 3.63) is 101 Å². The van der Waals surface area contributed by atoms with Crippen LogP contribution in [0.4, 0.5) is 10.5 Å². The summed E-state index contributed by atoms with van der Waals surface area (Å²) >= 11 is 1.23. The number of fused-ring (bicyclic) bond motifs is 1. The standard InChI is InChI=1S/C28H28N4O4S/c33-26(30-22-13-14-24-21(17-22)18-25(37-24)27(34)32-36)23(16-20-10-5-2-6-11-20)31-28(35)29-15-7-12-19-8-3-1-4-9-19/h1-6,8-11,13-14,17-18,23,36H,7,12,15-16H2,(H,30,33)(H,32,34)(H2,29,31,35)/t23-/m0/s1. The van der Waals surface area contributed by atoms with Crippen molar-refractivity contribution in [2.75, 3.05) is 11.9 Å². The van der Waals surface area contributed by atoms with Gasteiger partial charge >= 0.3 is 6.03 Å². The average molecular weight is 517 g/mol. The van der Waals surface area contributed by atoms with Gasteiger partial charge in [-0.15, -0.1) is 11.3 Å². The van der Waals surface area contributed by atoms with E-state index >= 15 is 0 Å². The lowest BCUT2D eigenvalue weighted by Gasteiger charge is -2.19. The monoisotopic (exact) mass is 516 g/mol. The third-order valence-corrected chi connectivity index (χ3v) is 6.90. The highest BCUT2D eigenvalue weighted by Gasteiger charge is 2.22. The summed E-state index contributed by atoms with van der Waals surface area (Å²) in [6.07, 6.45) is 1.96. The molecule has 3 aromatic carbocycles. The smallest absolute Gasteiger partial charge is 0.315 e. The minimum absolute atomic E-state index is 0.325. The zero-order chi connectivity index (χ0) is 26.0. The van der Waals surface area contributed by atoms with Crippen LogP contribution in [0.1, 0.15) is 27.2 Å². The van der Waals surface area contributed by atoms with E-state index in [0.29, 0.717) is 23.5 Å². The molecule has 0 bridgehead atoms. The van der Waals surface area contributed by atoms with Gasteiger partial charge in [-0.1, -0.05) is 60.7 Å². The largest absolute Gasteiger partial charge is 0.338 e. The molecule has 5 N–H and O–H groups in total. The SMILES string of the molecule is O=C(NCCCc1ccccc1)N[C@@H](Cc1ccccc1)C(=O)Nc1ccc2sc(C(=O)NO)cc2c1. The number of hydrogen-bond donors (Lipinski definition) is 5. The molecule has 0 radical (unpaired) electrons. The number of urea groups is 1. The van der Waals surface area contributed by atoms with Crippen molar-refractivity contribution < 1.29 is 19.6 Å². The fourth-order valence-electron chi connectivity index (χ4n) is 3.92. The predicted octanol–water partition coefficient (Wildman–Crippen LogP) is 4.50. The van der Waals surface area contributed by atoms with Crippen molar-refractivity contribution in [1.82, 2.24) is 16.1 Å². The Morgan fingerprint density at radius 1 is 0.865 bits per heavy atom. The molecule has 0 aliphatic carbocycles. The molecule has 4 aromatic rings. The van der Waals surface area contributed by atoms with E-state index in [1.165, 1.54) is 16.9 Å². The van der Waals surface area contributed by atoms with E-state index in [4.69, 9.17) is 5.21 Å².